The van der Waals surface area contributed by atoms with Crippen molar-refractivity contribution in [2.75, 3.05) is 44.8 Å². The molecule has 1 fully saturated rings. The van der Waals surface area contributed by atoms with Crippen LogP contribution in [0.3, 0.4) is 0 Å². The van der Waals surface area contributed by atoms with Crippen molar-refractivity contribution in [3.63, 3.8) is 0 Å². The molecule has 2 aliphatic heterocycles. The second kappa shape index (κ2) is 7.87. The molecule has 5 nitrogen and oxygen atoms in total. The molecule has 0 amide bonds. The Morgan fingerprint density at radius 2 is 1.81 bits per heavy atom. The Hall–Kier alpha value is -2.40. The van der Waals surface area contributed by atoms with E-state index in [0.717, 1.165) is 57.2 Å². The highest BCUT2D eigenvalue weighted by Crippen LogP contribution is 2.25. The molecule has 136 valence electrons. The molecule has 1 atom stereocenters. The Bertz CT molecular complexity index is 756. The molecule has 0 spiro atoms. The van der Waals surface area contributed by atoms with Crippen molar-refractivity contribution in [2.45, 2.75) is 18.9 Å². The second-order valence-corrected chi connectivity index (χ2v) is 6.94. The average Bonchev–Trinajstić information content (AvgIpc) is 3.09. The van der Waals surface area contributed by atoms with E-state index in [9.17, 15) is 0 Å². The number of rotatable bonds is 5. The Morgan fingerprint density at radius 1 is 1.00 bits per heavy atom. The van der Waals surface area contributed by atoms with Gasteiger partial charge in [-0.2, -0.15) is 0 Å². The van der Waals surface area contributed by atoms with Crippen LogP contribution in [-0.2, 0) is 11.2 Å². The topological polar surface area (TPSA) is 41.0 Å². The van der Waals surface area contributed by atoms with Gasteiger partial charge in [0.1, 0.15) is 5.82 Å². The van der Waals surface area contributed by atoms with E-state index in [0.29, 0.717) is 0 Å². The number of morpholine rings is 1. The zero-order chi connectivity index (χ0) is 17.8. The Kier molecular flexibility index (Phi) is 5.16. The monoisotopic (exact) mass is 350 g/mol. The van der Waals surface area contributed by atoms with Crippen molar-refractivity contribution in [3.8, 4) is 0 Å². The third kappa shape index (κ3) is 3.88. The number of ether oxygens (including phenoxy) is 1. The van der Waals surface area contributed by atoms with E-state index in [1.165, 1.54) is 11.4 Å². The number of nitrogens with zero attached hydrogens (tertiary/aromatic N) is 4. The fourth-order valence-corrected chi connectivity index (χ4v) is 3.61. The molecule has 0 aliphatic carbocycles. The summed E-state index contributed by atoms with van der Waals surface area (Å²) in [5, 5.41) is 0. The molecule has 1 unspecified atom stereocenters. The summed E-state index contributed by atoms with van der Waals surface area (Å²) in [6, 6.07) is 17.1. The van der Waals surface area contributed by atoms with E-state index in [-0.39, 0.29) is 6.04 Å². The van der Waals surface area contributed by atoms with Gasteiger partial charge in [-0.05, 0) is 24.1 Å². The minimum atomic E-state index is 0.254. The van der Waals surface area contributed by atoms with Gasteiger partial charge in [0, 0.05) is 38.8 Å². The Labute approximate surface area is 155 Å². The van der Waals surface area contributed by atoms with Crippen LogP contribution in [0.2, 0.25) is 0 Å². The first-order valence-electron chi connectivity index (χ1n) is 9.41. The number of pyridine rings is 1. The molecule has 0 saturated carbocycles. The van der Waals surface area contributed by atoms with Crippen LogP contribution in [-0.4, -0.2) is 55.6 Å². The molecule has 1 aromatic heterocycles. The van der Waals surface area contributed by atoms with Crippen LogP contribution in [0.4, 0.5) is 5.82 Å². The van der Waals surface area contributed by atoms with Gasteiger partial charge in [-0.3, -0.25) is 4.99 Å². The smallest absolute Gasteiger partial charge is 0.128 e. The molecule has 0 bridgehead atoms. The maximum absolute atomic E-state index is 5.43. The van der Waals surface area contributed by atoms with Gasteiger partial charge >= 0.3 is 0 Å². The first kappa shape index (κ1) is 17.0. The summed E-state index contributed by atoms with van der Waals surface area (Å²) in [6.45, 7) is 4.37. The van der Waals surface area contributed by atoms with Gasteiger partial charge in [0.05, 0.1) is 25.1 Å². The number of amidine groups is 1. The van der Waals surface area contributed by atoms with Gasteiger partial charge in [0.2, 0.25) is 0 Å². The molecular formula is C21H26N4O. The van der Waals surface area contributed by atoms with Crippen LogP contribution >= 0.6 is 0 Å². The summed E-state index contributed by atoms with van der Waals surface area (Å²) in [5.74, 6) is 2.24. The number of hydrogen-bond donors (Lipinski definition) is 0. The fourth-order valence-electron chi connectivity index (χ4n) is 3.61. The third-order valence-corrected chi connectivity index (χ3v) is 5.11. The second-order valence-electron chi connectivity index (χ2n) is 6.94. The van der Waals surface area contributed by atoms with Crippen molar-refractivity contribution in [1.29, 1.82) is 0 Å². The highest BCUT2D eigenvalue weighted by Gasteiger charge is 2.23. The zero-order valence-corrected chi connectivity index (χ0v) is 15.3. The number of aliphatic imine (C=N–C) groups is 1. The van der Waals surface area contributed by atoms with E-state index in [1.54, 1.807) is 0 Å². The lowest BCUT2D eigenvalue weighted by Crippen LogP contribution is -2.36. The highest BCUT2D eigenvalue weighted by molar-refractivity contribution is 5.84. The van der Waals surface area contributed by atoms with Crippen LogP contribution in [0, 0.1) is 0 Å². The van der Waals surface area contributed by atoms with Crippen molar-refractivity contribution < 1.29 is 4.74 Å². The largest absolute Gasteiger partial charge is 0.378 e. The Morgan fingerprint density at radius 3 is 2.62 bits per heavy atom. The van der Waals surface area contributed by atoms with Crippen molar-refractivity contribution in [2.24, 2.45) is 4.99 Å². The zero-order valence-electron chi connectivity index (χ0n) is 15.3. The SMILES string of the molecule is CN1CC(c2ccccc2)N=C1CCc1cccc(N2CCOCC2)n1. The molecule has 1 aromatic carbocycles. The summed E-state index contributed by atoms with van der Waals surface area (Å²) in [6.07, 6.45) is 1.85. The van der Waals surface area contributed by atoms with Gasteiger partial charge in [0.25, 0.3) is 0 Å². The van der Waals surface area contributed by atoms with Crippen LogP contribution in [0.25, 0.3) is 0 Å². The average molecular weight is 350 g/mol. The molecule has 0 N–H and O–H groups in total. The van der Waals surface area contributed by atoms with E-state index < -0.39 is 0 Å². The number of aromatic nitrogens is 1. The number of aryl methyl sites for hydroxylation is 1. The predicted octanol–water partition coefficient (Wildman–Crippen LogP) is 2.94. The first-order chi connectivity index (χ1) is 12.8. The lowest BCUT2D eigenvalue weighted by atomic mass is 10.1. The molecule has 3 heterocycles. The molecule has 0 radical (unpaired) electrons. The third-order valence-electron chi connectivity index (χ3n) is 5.11. The van der Waals surface area contributed by atoms with E-state index in [2.05, 4.69) is 65.4 Å². The summed E-state index contributed by atoms with van der Waals surface area (Å²) >= 11 is 0. The number of anilines is 1. The maximum atomic E-state index is 5.43. The van der Waals surface area contributed by atoms with Crippen molar-refractivity contribution in [3.05, 3.63) is 59.8 Å². The molecule has 1 saturated heterocycles. The van der Waals surface area contributed by atoms with E-state index >= 15 is 0 Å². The molecule has 2 aliphatic rings. The molecule has 2 aromatic rings. The van der Waals surface area contributed by atoms with Gasteiger partial charge in [0.15, 0.2) is 0 Å². The fraction of sp³-hybridized carbons (Fsp3) is 0.429. The Balaban J connectivity index is 1.40. The molecule has 5 heteroatoms. The minimum absolute atomic E-state index is 0.254. The minimum Gasteiger partial charge on any atom is -0.378 e. The van der Waals surface area contributed by atoms with E-state index in [1.807, 2.05) is 0 Å². The van der Waals surface area contributed by atoms with Crippen LogP contribution in [0.5, 0.6) is 0 Å². The van der Waals surface area contributed by atoms with Crippen molar-refractivity contribution >= 4 is 11.7 Å². The van der Waals surface area contributed by atoms with Gasteiger partial charge in [-0.25, -0.2) is 4.98 Å². The first-order valence-corrected chi connectivity index (χ1v) is 9.41. The lowest BCUT2D eigenvalue weighted by molar-refractivity contribution is 0.122. The number of benzene rings is 1. The highest BCUT2D eigenvalue weighted by atomic mass is 16.5. The van der Waals surface area contributed by atoms with Gasteiger partial charge in [-0.15, -0.1) is 0 Å². The summed E-state index contributed by atoms with van der Waals surface area (Å²) in [4.78, 5) is 14.4. The predicted molar refractivity (Wildman–Crippen MR) is 105 cm³/mol. The number of hydrogen-bond acceptors (Lipinski definition) is 5. The summed E-state index contributed by atoms with van der Waals surface area (Å²) in [7, 11) is 2.14. The van der Waals surface area contributed by atoms with Crippen LogP contribution < -0.4 is 4.90 Å². The quantitative estimate of drug-likeness (QED) is 0.831. The standard InChI is InChI=1S/C21H26N4O/c1-24-16-19(17-6-3-2-4-7-17)23-20(24)11-10-18-8-5-9-21(22-18)25-12-14-26-15-13-25/h2-9,19H,10-16H2,1H3. The van der Waals surface area contributed by atoms with Gasteiger partial charge < -0.3 is 14.5 Å². The molecular weight excluding hydrogens is 324 g/mol. The van der Waals surface area contributed by atoms with Gasteiger partial charge in [-0.1, -0.05) is 36.4 Å². The maximum Gasteiger partial charge on any atom is 0.128 e. The van der Waals surface area contributed by atoms with E-state index in [4.69, 9.17) is 14.7 Å². The summed E-state index contributed by atoms with van der Waals surface area (Å²) < 4.78 is 5.43. The lowest BCUT2D eigenvalue weighted by Gasteiger charge is -2.28. The summed E-state index contributed by atoms with van der Waals surface area (Å²) in [5.41, 5.74) is 2.43. The van der Waals surface area contributed by atoms with Crippen LogP contribution in [0.1, 0.15) is 23.7 Å². The molecule has 4 rings (SSSR count). The van der Waals surface area contributed by atoms with Crippen molar-refractivity contribution in [1.82, 2.24) is 9.88 Å². The molecule has 26 heavy (non-hydrogen) atoms. The normalized spacial score (nSPS) is 20.3. The van der Waals surface area contributed by atoms with Crippen LogP contribution in [0.15, 0.2) is 53.5 Å². The number of likely N-dealkylation sites (N-methyl/N-ethyl adjacent to an activating group) is 1.